The number of aliphatic hydroxyl groups excluding tert-OH is 1. The Hall–Kier alpha value is -1.84. The molecule has 2 aromatic carbocycles. The number of fused-ring (bicyclic) bond motifs is 1. The van der Waals surface area contributed by atoms with E-state index in [0.717, 1.165) is 31.7 Å². The lowest BCUT2D eigenvalue weighted by Gasteiger charge is -2.35. The van der Waals surface area contributed by atoms with E-state index in [1.54, 1.807) is 0 Å². The van der Waals surface area contributed by atoms with Crippen LogP contribution in [0.1, 0.15) is 12.8 Å². The molecule has 1 heterocycles. The van der Waals surface area contributed by atoms with Crippen LogP contribution in [0.15, 0.2) is 54.6 Å². The molecule has 2 N–H and O–H groups in total. The van der Waals surface area contributed by atoms with Crippen LogP contribution in [-0.2, 0) is 0 Å². The summed E-state index contributed by atoms with van der Waals surface area (Å²) in [5.74, 6) is 2.11. The van der Waals surface area contributed by atoms with Gasteiger partial charge in [0.05, 0.1) is 6.10 Å². The standard InChI is InChI=1S/C20H23NO2/c22-19-10-16-12-21-13-17(16)11-20(19)23-18-8-6-15(7-9-18)14-4-2-1-3-5-14/h1-9,16-17,19-22H,10-13H2/t16-,17+,19+,20+/m0/s1. The van der Waals surface area contributed by atoms with Gasteiger partial charge >= 0.3 is 0 Å². The summed E-state index contributed by atoms with van der Waals surface area (Å²) in [6, 6.07) is 18.5. The molecule has 2 aromatic rings. The number of benzene rings is 2. The Bertz CT molecular complexity index is 640. The molecule has 1 saturated heterocycles. The van der Waals surface area contributed by atoms with Gasteiger partial charge < -0.3 is 15.2 Å². The van der Waals surface area contributed by atoms with Gasteiger partial charge in [0.1, 0.15) is 11.9 Å². The topological polar surface area (TPSA) is 41.5 Å². The number of hydrogen-bond donors (Lipinski definition) is 2. The average molecular weight is 309 g/mol. The van der Waals surface area contributed by atoms with Gasteiger partial charge in [-0.3, -0.25) is 0 Å². The molecule has 120 valence electrons. The summed E-state index contributed by atoms with van der Waals surface area (Å²) in [4.78, 5) is 0. The molecule has 3 heteroatoms. The van der Waals surface area contributed by atoms with E-state index in [1.165, 1.54) is 11.1 Å². The summed E-state index contributed by atoms with van der Waals surface area (Å²) in [5, 5.41) is 13.8. The fourth-order valence-electron chi connectivity index (χ4n) is 3.91. The summed E-state index contributed by atoms with van der Waals surface area (Å²) in [7, 11) is 0. The summed E-state index contributed by atoms with van der Waals surface area (Å²) >= 11 is 0. The monoisotopic (exact) mass is 309 g/mol. The van der Waals surface area contributed by atoms with Crippen LogP contribution in [0.25, 0.3) is 11.1 Å². The van der Waals surface area contributed by atoms with Gasteiger partial charge in [-0.05, 0) is 61.0 Å². The SMILES string of the molecule is O[C@@H]1C[C@H]2CNC[C@H]2C[C@H]1Oc1ccc(-c2ccccc2)cc1. The third-order valence-corrected chi connectivity index (χ3v) is 5.24. The van der Waals surface area contributed by atoms with Crippen molar-refractivity contribution < 1.29 is 9.84 Å². The first kappa shape index (κ1) is 14.7. The summed E-state index contributed by atoms with van der Waals surface area (Å²) < 4.78 is 6.09. The molecule has 1 saturated carbocycles. The van der Waals surface area contributed by atoms with Crippen molar-refractivity contribution in [2.75, 3.05) is 13.1 Å². The maximum atomic E-state index is 10.4. The fourth-order valence-corrected chi connectivity index (χ4v) is 3.91. The first-order valence-corrected chi connectivity index (χ1v) is 8.50. The maximum Gasteiger partial charge on any atom is 0.125 e. The van der Waals surface area contributed by atoms with Gasteiger partial charge in [-0.15, -0.1) is 0 Å². The highest BCUT2D eigenvalue weighted by Crippen LogP contribution is 2.35. The zero-order valence-electron chi connectivity index (χ0n) is 13.2. The molecule has 0 aromatic heterocycles. The van der Waals surface area contributed by atoms with Gasteiger partial charge in [0.2, 0.25) is 0 Å². The fraction of sp³-hybridized carbons (Fsp3) is 0.400. The van der Waals surface area contributed by atoms with Crippen LogP contribution in [0.3, 0.4) is 0 Å². The van der Waals surface area contributed by atoms with Crippen molar-refractivity contribution in [3.05, 3.63) is 54.6 Å². The van der Waals surface area contributed by atoms with Crippen molar-refractivity contribution in [2.45, 2.75) is 25.0 Å². The van der Waals surface area contributed by atoms with E-state index in [4.69, 9.17) is 4.74 Å². The van der Waals surface area contributed by atoms with Crippen LogP contribution in [0.5, 0.6) is 5.75 Å². The maximum absolute atomic E-state index is 10.4. The first-order valence-electron chi connectivity index (χ1n) is 8.50. The van der Waals surface area contributed by atoms with E-state index in [2.05, 4.69) is 29.6 Å². The lowest BCUT2D eigenvalue weighted by atomic mass is 9.78. The molecule has 0 amide bonds. The molecule has 23 heavy (non-hydrogen) atoms. The highest BCUT2D eigenvalue weighted by atomic mass is 16.5. The number of nitrogens with one attached hydrogen (secondary N) is 1. The molecule has 0 unspecified atom stereocenters. The minimum atomic E-state index is -0.357. The molecule has 0 spiro atoms. The molecular weight excluding hydrogens is 286 g/mol. The molecule has 3 nitrogen and oxygen atoms in total. The normalized spacial score (nSPS) is 30.0. The quantitative estimate of drug-likeness (QED) is 0.915. The second-order valence-electron chi connectivity index (χ2n) is 6.76. The molecule has 1 aliphatic carbocycles. The van der Waals surface area contributed by atoms with E-state index in [-0.39, 0.29) is 12.2 Å². The van der Waals surface area contributed by atoms with Crippen LogP contribution in [0.4, 0.5) is 0 Å². The predicted octanol–water partition coefficient (Wildman–Crippen LogP) is 3.09. The van der Waals surface area contributed by atoms with E-state index in [9.17, 15) is 5.11 Å². The molecule has 0 bridgehead atoms. The van der Waals surface area contributed by atoms with Gasteiger partial charge in [0.25, 0.3) is 0 Å². The second-order valence-corrected chi connectivity index (χ2v) is 6.76. The van der Waals surface area contributed by atoms with E-state index < -0.39 is 0 Å². The summed E-state index contributed by atoms with van der Waals surface area (Å²) in [6.07, 6.45) is 1.35. The van der Waals surface area contributed by atoms with Gasteiger partial charge in [0.15, 0.2) is 0 Å². The highest BCUT2D eigenvalue weighted by Gasteiger charge is 2.39. The van der Waals surface area contributed by atoms with E-state index in [0.29, 0.717) is 11.8 Å². The zero-order valence-corrected chi connectivity index (χ0v) is 13.2. The molecule has 4 atom stereocenters. The minimum Gasteiger partial charge on any atom is -0.488 e. The number of hydrogen-bond acceptors (Lipinski definition) is 3. The Morgan fingerprint density at radius 1 is 0.826 bits per heavy atom. The van der Waals surface area contributed by atoms with E-state index in [1.807, 2.05) is 30.3 Å². The van der Waals surface area contributed by atoms with Crippen molar-refractivity contribution in [1.29, 1.82) is 0 Å². The first-order chi connectivity index (χ1) is 11.3. The van der Waals surface area contributed by atoms with Gasteiger partial charge in [-0.25, -0.2) is 0 Å². The van der Waals surface area contributed by atoms with Crippen molar-refractivity contribution in [3.63, 3.8) is 0 Å². The van der Waals surface area contributed by atoms with Crippen molar-refractivity contribution >= 4 is 0 Å². The molecule has 2 fully saturated rings. The van der Waals surface area contributed by atoms with Crippen LogP contribution in [0, 0.1) is 11.8 Å². The largest absolute Gasteiger partial charge is 0.488 e. The highest BCUT2D eigenvalue weighted by molar-refractivity contribution is 5.63. The second kappa shape index (κ2) is 6.34. The van der Waals surface area contributed by atoms with Crippen molar-refractivity contribution in [1.82, 2.24) is 5.32 Å². The van der Waals surface area contributed by atoms with E-state index >= 15 is 0 Å². The molecule has 0 radical (unpaired) electrons. The zero-order chi connectivity index (χ0) is 15.6. The lowest BCUT2D eigenvalue weighted by Crippen LogP contribution is -2.42. The summed E-state index contributed by atoms with van der Waals surface area (Å²) in [5.41, 5.74) is 2.39. The Labute approximate surface area is 137 Å². The number of rotatable bonds is 3. The van der Waals surface area contributed by atoms with Crippen molar-refractivity contribution in [2.24, 2.45) is 11.8 Å². The predicted molar refractivity (Wildman–Crippen MR) is 91.4 cm³/mol. The molecule has 2 aliphatic rings. The smallest absolute Gasteiger partial charge is 0.125 e. The minimum absolute atomic E-state index is 0.0845. The van der Waals surface area contributed by atoms with Crippen LogP contribution < -0.4 is 10.1 Å². The Morgan fingerprint density at radius 2 is 1.48 bits per heavy atom. The van der Waals surface area contributed by atoms with Gasteiger partial charge in [0, 0.05) is 0 Å². The van der Waals surface area contributed by atoms with Crippen LogP contribution >= 0.6 is 0 Å². The Balaban J connectivity index is 1.44. The molecular formula is C20H23NO2. The number of aliphatic hydroxyl groups is 1. The van der Waals surface area contributed by atoms with Gasteiger partial charge in [-0.1, -0.05) is 42.5 Å². The molecule has 4 rings (SSSR count). The van der Waals surface area contributed by atoms with Crippen LogP contribution in [-0.4, -0.2) is 30.4 Å². The Morgan fingerprint density at radius 3 is 2.22 bits per heavy atom. The third-order valence-electron chi connectivity index (χ3n) is 5.24. The van der Waals surface area contributed by atoms with Gasteiger partial charge in [-0.2, -0.15) is 0 Å². The van der Waals surface area contributed by atoms with Crippen molar-refractivity contribution in [3.8, 4) is 16.9 Å². The number of ether oxygens (including phenoxy) is 1. The Kier molecular flexibility index (Phi) is 4.06. The average Bonchev–Trinajstić information content (AvgIpc) is 3.04. The molecule has 1 aliphatic heterocycles. The lowest BCUT2D eigenvalue weighted by molar-refractivity contribution is -0.0231. The van der Waals surface area contributed by atoms with Crippen LogP contribution in [0.2, 0.25) is 0 Å². The summed E-state index contributed by atoms with van der Waals surface area (Å²) in [6.45, 7) is 2.10. The third kappa shape index (κ3) is 3.12.